The molecular formula is C20H22ClF3N4O2S. The van der Waals surface area contributed by atoms with Gasteiger partial charge in [0.2, 0.25) is 0 Å². The summed E-state index contributed by atoms with van der Waals surface area (Å²) < 4.78 is 38.0. The summed E-state index contributed by atoms with van der Waals surface area (Å²) in [6.07, 6.45) is 0.401. The number of urea groups is 1. The van der Waals surface area contributed by atoms with Crippen molar-refractivity contribution >= 4 is 40.9 Å². The summed E-state index contributed by atoms with van der Waals surface area (Å²) in [6.45, 7) is 6.30. The molecule has 168 valence electrons. The van der Waals surface area contributed by atoms with Crippen molar-refractivity contribution in [2.24, 2.45) is 0 Å². The number of nitrogens with zero attached hydrogens (tertiary/aromatic N) is 3. The maximum atomic E-state index is 13.2. The normalized spacial score (nSPS) is 18.6. The predicted octanol–water partition coefficient (Wildman–Crippen LogP) is 5.32. The van der Waals surface area contributed by atoms with Crippen molar-refractivity contribution in [1.29, 1.82) is 0 Å². The first kappa shape index (κ1) is 23.5. The molecule has 6 nitrogen and oxygen atoms in total. The van der Waals surface area contributed by atoms with Crippen LogP contribution in [0.2, 0.25) is 5.02 Å². The molecule has 1 aromatic heterocycles. The quantitative estimate of drug-likeness (QED) is 0.555. The van der Waals surface area contributed by atoms with Crippen molar-refractivity contribution in [2.45, 2.75) is 49.5 Å². The summed E-state index contributed by atoms with van der Waals surface area (Å²) in [6, 6.07) is 6.91. The van der Waals surface area contributed by atoms with Crippen LogP contribution in [0.3, 0.4) is 0 Å². The molecule has 1 aromatic carbocycles. The van der Waals surface area contributed by atoms with Crippen LogP contribution in [-0.2, 0) is 6.54 Å². The molecule has 1 fully saturated rings. The van der Waals surface area contributed by atoms with E-state index in [1.807, 2.05) is 13.0 Å². The SMILES string of the molecule is CCNc1cc(CN2C(=O)N(c3ccc(SC(F)(F)F)c(Cl)c3)C(O)C2(C)C)ccn1. The highest BCUT2D eigenvalue weighted by Crippen LogP contribution is 2.43. The van der Waals surface area contributed by atoms with Crippen LogP contribution >= 0.6 is 23.4 Å². The van der Waals surface area contributed by atoms with E-state index < -0.39 is 23.3 Å². The summed E-state index contributed by atoms with van der Waals surface area (Å²) in [4.78, 5) is 19.9. The van der Waals surface area contributed by atoms with Gasteiger partial charge in [0.1, 0.15) is 5.82 Å². The van der Waals surface area contributed by atoms with Crippen molar-refractivity contribution < 1.29 is 23.1 Å². The third-order valence-electron chi connectivity index (χ3n) is 4.95. The van der Waals surface area contributed by atoms with Crippen LogP contribution < -0.4 is 10.2 Å². The first-order valence-electron chi connectivity index (χ1n) is 9.47. The first-order chi connectivity index (χ1) is 14.4. The standard InChI is InChI=1S/C20H22ClF3N4O2S/c1-4-25-16-9-12(7-8-26-16)11-27-18(30)28(17(29)19(27,2)3)13-5-6-15(14(21)10-13)31-20(22,23)24/h5-10,17,29H,4,11H2,1-3H3,(H,25,26). The van der Waals surface area contributed by atoms with Crippen LogP contribution in [0.1, 0.15) is 26.3 Å². The van der Waals surface area contributed by atoms with E-state index in [2.05, 4.69) is 10.3 Å². The Bertz CT molecular complexity index is 974. The number of amides is 2. The summed E-state index contributed by atoms with van der Waals surface area (Å²) in [7, 11) is 0. The Labute approximate surface area is 187 Å². The van der Waals surface area contributed by atoms with E-state index in [0.717, 1.165) is 10.5 Å². The molecule has 1 aliphatic heterocycles. The third kappa shape index (κ3) is 5.02. The largest absolute Gasteiger partial charge is 0.446 e. The number of aliphatic hydroxyl groups is 1. The third-order valence-corrected chi connectivity index (χ3v) is 6.18. The highest BCUT2D eigenvalue weighted by atomic mass is 35.5. The fourth-order valence-electron chi connectivity index (χ4n) is 3.34. The van der Waals surface area contributed by atoms with E-state index in [9.17, 15) is 23.1 Å². The molecule has 1 aliphatic rings. The smallest absolute Gasteiger partial charge is 0.371 e. The zero-order chi connectivity index (χ0) is 23.0. The van der Waals surface area contributed by atoms with Gasteiger partial charge in [-0.3, -0.25) is 4.90 Å². The van der Waals surface area contributed by atoms with Gasteiger partial charge in [-0.2, -0.15) is 13.2 Å². The van der Waals surface area contributed by atoms with Crippen LogP contribution in [0.4, 0.5) is 29.5 Å². The lowest BCUT2D eigenvalue weighted by molar-refractivity contribution is -0.0328. The molecular weight excluding hydrogens is 453 g/mol. The summed E-state index contributed by atoms with van der Waals surface area (Å²) >= 11 is 5.69. The van der Waals surface area contributed by atoms with Gasteiger partial charge in [0.05, 0.1) is 10.6 Å². The molecule has 3 rings (SSSR count). The highest BCUT2D eigenvalue weighted by molar-refractivity contribution is 8.00. The molecule has 0 bridgehead atoms. The number of carbonyl (C=O) groups is 1. The molecule has 0 spiro atoms. The van der Waals surface area contributed by atoms with E-state index in [0.29, 0.717) is 12.4 Å². The van der Waals surface area contributed by atoms with E-state index in [1.54, 1.807) is 26.1 Å². The number of pyridine rings is 1. The van der Waals surface area contributed by atoms with Gasteiger partial charge in [0.25, 0.3) is 0 Å². The average molecular weight is 475 g/mol. The monoisotopic (exact) mass is 474 g/mol. The first-order valence-corrected chi connectivity index (χ1v) is 10.7. The number of hydrogen-bond acceptors (Lipinski definition) is 5. The van der Waals surface area contributed by atoms with Gasteiger partial charge < -0.3 is 15.3 Å². The van der Waals surface area contributed by atoms with Crippen LogP contribution in [0.5, 0.6) is 0 Å². The number of rotatable bonds is 6. The van der Waals surface area contributed by atoms with Gasteiger partial charge in [0.15, 0.2) is 6.23 Å². The predicted molar refractivity (Wildman–Crippen MR) is 115 cm³/mol. The molecule has 0 saturated carbocycles. The summed E-state index contributed by atoms with van der Waals surface area (Å²) in [5.41, 5.74) is -4.42. The van der Waals surface area contributed by atoms with Crippen LogP contribution in [0.25, 0.3) is 0 Å². The number of halogens is 4. The summed E-state index contributed by atoms with van der Waals surface area (Å²) in [5, 5.41) is 13.8. The second-order valence-corrected chi connectivity index (χ2v) is 9.02. The molecule has 1 atom stereocenters. The highest BCUT2D eigenvalue weighted by Gasteiger charge is 2.51. The van der Waals surface area contributed by atoms with E-state index >= 15 is 0 Å². The molecule has 2 heterocycles. The van der Waals surface area contributed by atoms with Crippen molar-refractivity contribution in [3.8, 4) is 0 Å². The van der Waals surface area contributed by atoms with Crippen molar-refractivity contribution in [2.75, 3.05) is 16.8 Å². The Kier molecular flexibility index (Phi) is 6.64. The fraction of sp³-hybridized carbons (Fsp3) is 0.400. The maximum Gasteiger partial charge on any atom is 0.446 e. The molecule has 1 saturated heterocycles. The number of carbonyl (C=O) groups excluding carboxylic acids is 1. The minimum Gasteiger partial charge on any atom is -0.371 e. The molecule has 2 aromatic rings. The molecule has 11 heteroatoms. The topological polar surface area (TPSA) is 68.7 Å². The van der Waals surface area contributed by atoms with Gasteiger partial charge in [-0.25, -0.2) is 9.78 Å². The lowest BCUT2D eigenvalue weighted by atomic mass is 10.0. The van der Waals surface area contributed by atoms with E-state index in [1.165, 1.54) is 23.1 Å². The zero-order valence-electron chi connectivity index (χ0n) is 17.1. The van der Waals surface area contributed by atoms with Gasteiger partial charge in [-0.1, -0.05) is 11.6 Å². The van der Waals surface area contributed by atoms with Gasteiger partial charge in [-0.15, -0.1) is 0 Å². The molecule has 0 aliphatic carbocycles. The molecule has 2 N–H and O–H groups in total. The molecule has 1 unspecified atom stereocenters. The Balaban J connectivity index is 1.88. The molecule has 0 radical (unpaired) electrons. The number of thioether (sulfide) groups is 1. The van der Waals surface area contributed by atoms with Crippen molar-refractivity contribution in [1.82, 2.24) is 9.88 Å². The lowest BCUT2D eigenvalue weighted by Crippen LogP contribution is -2.46. The minimum atomic E-state index is -4.48. The number of aromatic nitrogens is 1. The zero-order valence-corrected chi connectivity index (χ0v) is 18.6. The minimum absolute atomic E-state index is 0.152. The molecule has 31 heavy (non-hydrogen) atoms. The number of aliphatic hydroxyl groups excluding tert-OH is 1. The number of hydrogen-bond donors (Lipinski definition) is 2. The van der Waals surface area contributed by atoms with Gasteiger partial charge in [0, 0.05) is 29.9 Å². The van der Waals surface area contributed by atoms with Crippen LogP contribution in [0.15, 0.2) is 41.4 Å². The number of nitrogens with one attached hydrogen (secondary N) is 1. The van der Waals surface area contributed by atoms with Gasteiger partial charge in [-0.05, 0) is 68.4 Å². The number of benzene rings is 1. The second-order valence-electron chi connectivity index (χ2n) is 7.51. The average Bonchev–Trinajstić information content (AvgIpc) is 2.83. The fourth-order valence-corrected chi connectivity index (χ4v) is 4.17. The van der Waals surface area contributed by atoms with Crippen molar-refractivity contribution in [3.63, 3.8) is 0 Å². The van der Waals surface area contributed by atoms with Crippen molar-refractivity contribution in [3.05, 3.63) is 47.1 Å². The Hall–Kier alpha value is -2.17. The van der Waals surface area contributed by atoms with E-state index in [-0.39, 0.29) is 33.9 Å². The van der Waals surface area contributed by atoms with Crippen LogP contribution in [-0.4, -0.2) is 44.8 Å². The Morgan fingerprint density at radius 3 is 2.61 bits per heavy atom. The molecule has 2 amide bonds. The maximum absolute atomic E-state index is 13.2. The number of alkyl halides is 3. The Morgan fingerprint density at radius 1 is 1.29 bits per heavy atom. The van der Waals surface area contributed by atoms with Gasteiger partial charge >= 0.3 is 11.5 Å². The number of anilines is 2. The van der Waals surface area contributed by atoms with Crippen LogP contribution in [0, 0.1) is 0 Å². The summed E-state index contributed by atoms with van der Waals surface area (Å²) in [5.74, 6) is 0.673. The lowest BCUT2D eigenvalue weighted by Gasteiger charge is -2.32. The van der Waals surface area contributed by atoms with E-state index in [4.69, 9.17) is 11.6 Å². The Morgan fingerprint density at radius 2 is 2.00 bits per heavy atom. The second kappa shape index (κ2) is 8.76.